The molecule has 3 aromatic rings. The maximum absolute atomic E-state index is 12.7. The smallest absolute Gasteiger partial charge is 0.305 e. The van der Waals surface area contributed by atoms with Gasteiger partial charge in [0.1, 0.15) is 12.5 Å². The Kier molecular flexibility index (Phi) is 8.61. The second-order valence-corrected chi connectivity index (χ2v) is 8.33. The number of amides is 1. The zero-order chi connectivity index (χ0) is 24.5. The summed E-state index contributed by atoms with van der Waals surface area (Å²) in [6.07, 6.45) is 5.67. The minimum Gasteiger partial charge on any atom is -0.481 e. The summed E-state index contributed by atoms with van der Waals surface area (Å²) in [6.45, 7) is 3.79. The number of nitrogens with one attached hydrogen (secondary N) is 2. The first kappa shape index (κ1) is 24.8. The van der Waals surface area contributed by atoms with Gasteiger partial charge in [0.05, 0.1) is 18.0 Å². The van der Waals surface area contributed by atoms with Gasteiger partial charge in [0.15, 0.2) is 5.82 Å². The van der Waals surface area contributed by atoms with Crippen molar-refractivity contribution in [1.29, 1.82) is 0 Å². The molecule has 2 heterocycles. The number of benzene rings is 1. The van der Waals surface area contributed by atoms with Gasteiger partial charge in [-0.1, -0.05) is 38.1 Å². The molecule has 0 spiro atoms. The van der Waals surface area contributed by atoms with Gasteiger partial charge in [0.2, 0.25) is 0 Å². The first-order valence-electron chi connectivity index (χ1n) is 11.1. The first-order chi connectivity index (χ1) is 16.4. The van der Waals surface area contributed by atoms with E-state index in [2.05, 4.69) is 39.4 Å². The topological polar surface area (TPSA) is 117 Å². The van der Waals surface area contributed by atoms with Crippen molar-refractivity contribution in [1.82, 2.24) is 20.3 Å². The number of pyridine rings is 1. The molecular weight excluding hydrogens is 437 g/mol. The summed E-state index contributed by atoms with van der Waals surface area (Å²) < 4.78 is 12.7. The average Bonchev–Trinajstić information content (AvgIpc) is 2.83. The molecule has 1 amide bonds. The van der Waals surface area contributed by atoms with E-state index in [1.54, 1.807) is 48.8 Å². The molecule has 3 rings (SSSR count). The predicted molar refractivity (Wildman–Crippen MR) is 127 cm³/mol. The number of carboxylic acid groups (broad SMARTS) is 1. The standard InChI is InChI=1S/C25H28FN5O3/c1-16(2)11-21(20-14-29-24(30-15-20)18-5-3-17(12-26)4-6-18)31-22-8-7-19(13-28-22)25(34)27-10-9-23(32)33/h3-8,13-16,21H,9-12H2,1-2H3,(H,27,34)(H,28,31)(H,32,33)/t21-/m0/s1. The van der Waals surface area contributed by atoms with E-state index in [0.717, 1.165) is 17.5 Å². The lowest BCUT2D eigenvalue weighted by Crippen LogP contribution is -2.26. The minimum atomic E-state index is -0.971. The highest BCUT2D eigenvalue weighted by atomic mass is 19.1. The van der Waals surface area contributed by atoms with Crippen LogP contribution < -0.4 is 10.6 Å². The molecule has 0 bridgehead atoms. The quantitative estimate of drug-likeness (QED) is 0.384. The molecule has 8 nitrogen and oxygen atoms in total. The summed E-state index contributed by atoms with van der Waals surface area (Å²) in [5.74, 6) is 0.209. The monoisotopic (exact) mass is 465 g/mol. The minimum absolute atomic E-state index is 0.0562. The van der Waals surface area contributed by atoms with Crippen LogP contribution in [0.4, 0.5) is 10.2 Å². The zero-order valence-electron chi connectivity index (χ0n) is 19.2. The number of carbonyl (C=O) groups excluding carboxylic acids is 1. The number of aliphatic carboxylic acids is 1. The Hall–Kier alpha value is -3.88. The van der Waals surface area contributed by atoms with Crippen molar-refractivity contribution in [3.63, 3.8) is 0 Å². The van der Waals surface area contributed by atoms with Crippen molar-refractivity contribution in [3.05, 3.63) is 71.7 Å². The summed E-state index contributed by atoms with van der Waals surface area (Å²) in [5, 5.41) is 14.6. The van der Waals surface area contributed by atoms with Crippen molar-refractivity contribution in [3.8, 4) is 11.4 Å². The Morgan fingerprint density at radius 1 is 1.00 bits per heavy atom. The van der Waals surface area contributed by atoms with Crippen molar-refractivity contribution < 1.29 is 19.1 Å². The first-order valence-corrected chi connectivity index (χ1v) is 11.1. The predicted octanol–water partition coefficient (Wildman–Crippen LogP) is 4.41. The van der Waals surface area contributed by atoms with Crippen molar-refractivity contribution in [2.24, 2.45) is 5.92 Å². The number of aromatic nitrogens is 3. The summed E-state index contributed by atoms with van der Waals surface area (Å²) >= 11 is 0. The van der Waals surface area contributed by atoms with Crippen LogP contribution in [0.2, 0.25) is 0 Å². The highest BCUT2D eigenvalue weighted by molar-refractivity contribution is 5.94. The third-order valence-electron chi connectivity index (χ3n) is 5.12. The van der Waals surface area contributed by atoms with E-state index in [0.29, 0.717) is 28.7 Å². The van der Waals surface area contributed by atoms with E-state index >= 15 is 0 Å². The molecule has 1 atom stereocenters. The van der Waals surface area contributed by atoms with Crippen LogP contribution >= 0.6 is 0 Å². The van der Waals surface area contributed by atoms with E-state index < -0.39 is 12.6 Å². The van der Waals surface area contributed by atoms with Gasteiger partial charge < -0.3 is 15.7 Å². The Bertz CT molecular complexity index is 1090. The fourth-order valence-corrected chi connectivity index (χ4v) is 3.34. The summed E-state index contributed by atoms with van der Waals surface area (Å²) in [4.78, 5) is 36.0. The number of rotatable bonds is 11. The number of hydrogen-bond acceptors (Lipinski definition) is 6. The van der Waals surface area contributed by atoms with Crippen LogP contribution in [0.25, 0.3) is 11.4 Å². The van der Waals surface area contributed by atoms with E-state index in [1.165, 1.54) is 6.20 Å². The van der Waals surface area contributed by atoms with Gasteiger partial charge in [-0.3, -0.25) is 9.59 Å². The van der Waals surface area contributed by atoms with Crippen molar-refractivity contribution in [2.75, 3.05) is 11.9 Å². The van der Waals surface area contributed by atoms with Gasteiger partial charge >= 0.3 is 5.97 Å². The van der Waals surface area contributed by atoms with E-state index in [4.69, 9.17) is 5.11 Å². The SMILES string of the molecule is CC(C)C[C@H](Nc1ccc(C(=O)NCCC(=O)O)cn1)c1cnc(-c2ccc(CF)cc2)nc1. The Balaban J connectivity index is 1.69. The number of hydrogen-bond donors (Lipinski definition) is 3. The maximum atomic E-state index is 12.7. The normalized spacial score (nSPS) is 11.8. The molecule has 1 aromatic carbocycles. The van der Waals surface area contributed by atoms with E-state index in [1.807, 2.05) is 0 Å². The molecule has 0 aliphatic heterocycles. The fraction of sp³-hybridized carbons (Fsp3) is 0.320. The summed E-state index contributed by atoms with van der Waals surface area (Å²) in [7, 11) is 0. The van der Waals surface area contributed by atoms with Gasteiger partial charge in [-0.05, 0) is 30.0 Å². The third kappa shape index (κ3) is 7.06. The van der Waals surface area contributed by atoms with Crippen LogP contribution in [0.3, 0.4) is 0 Å². The molecule has 34 heavy (non-hydrogen) atoms. The summed E-state index contributed by atoms with van der Waals surface area (Å²) in [5.41, 5.74) is 2.67. The molecule has 2 aromatic heterocycles. The van der Waals surface area contributed by atoms with Crippen LogP contribution in [0.5, 0.6) is 0 Å². The highest BCUT2D eigenvalue weighted by Crippen LogP contribution is 2.26. The third-order valence-corrected chi connectivity index (χ3v) is 5.12. The number of halogens is 1. The lowest BCUT2D eigenvalue weighted by Gasteiger charge is -2.21. The molecule has 178 valence electrons. The average molecular weight is 466 g/mol. The van der Waals surface area contributed by atoms with Gasteiger partial charge in [-0.15, -0.1) is 0 Å². The Morgan fingerprint density at radius 3 is 2.26 bits per heavy atom. The molecule has 0 saturated heterocycles. The number of anilines is 1. The fourth-order valence-electron chi connectivity index (χ4n) is 3.34. The van der Waals surface area contributed by atoms with Crippen molar-refractivity contribution in [2.45, 2.75) is 39.4 Å². The Labute approximate surface area is 197 Å². The van der Waals surface area contributed by atoms with E-state index in [9.17, 15) is 14.0 Å². The lowest BCUT2D eigenvalue weighted by atomic mass is 9.99. The highest BCUT2D eigenvalue weighted by Gasteiger charge is 2.16. The lowest BCUT2D eigenvalue weighted by molar-refractivity contribution is -0.136. The number of alkyl halides is 1. The van der Waals surface area contributed by atoms with Crippen LogP contribution in [0.1, 0.15) is 54.2 Å². The van der Waals surface area contributed by atoms with Gasteiger partial charge in [0.25, 0.3) is 5.91 Å². The van der Waals surface area contributed by atoms with Crippen molar-refractivity contribution >= 4 is 17.7 Å². The number of carboxylic acids is 1. The molecule has 0 aliphatic rings. The Morgan fingerprint density at radius 2 is 1.71 bits per heavy atom. The van der Waals surface area contributed by atoms with Crippen LogP contribution in [-0.4, -0.2) is 38.5 Å². The zero-order valence-corrected chi connectivity index (χ0v) is 19.2. The largest absolute Gasteiger partial charge is 0.481 e. The van der Waals surface area contributed by atoms with Crippen LogP contribution in [0.15, 0.2) is 55.0 Å². The maximum Gasteiger partial charge on any atom is 0.305 e. The summed E-state index contributed by atoms with van der Waals surface area (Å²) in [6, 6.07) is 10.3. The molecule has 0 saturated carbocycles. The molecule has 9 heteroatoms. The van der Waals surface area contributed by atoms with Gasteiger partial charge in [0, 0.05) is 36.3 Å². The van der Waals surface area contributed by atoms with Crippen LogP contribution in [0, 0.1) is 5.92 Å². The number of nitrogens with zero attached hydrogens (tertiary/aromatic N) is 3. The molecule has 0 fully saturated rings. The van der Waals surface area contributed by atoms with Gasteiger partial charge in [-0.25, -0.2) is 19.3 Å². The number of carbonyl (C=O) groups is 2. The molecule has 3 N–H and O–H groups in total. The second-order valence-electron chi connectivity index (χ2n) is 8.33. The van der Waals surface area contributed by atoms with E-state index in [-0.39, 0.29) is 24.9 Å². The van der Waals surface area contributed by atoms with Gasteiger partial charge in [-0.2, -0.15) is 0 Å². The molecule has 0 radical (unpaired) electrons. The molecular formula is C25H28FN5O3. The molecule has 0 aliphatic carbocycles. The second kappa shape index (κ2) is 11.8. The molecule has 0 unspecified atom stereocenters. The van der Waals surface area contributed by atoms with Crippen LogP contribution in [-0.2, 0) is 11.5 Å².